The SMILES string of the molecule is CCCCC/C=C\C/C=C\CCCCCCCCC1(CCCCCCCCCCC=CCC2(C)CCCCCCCCC/C=C\C/C=C\CCCCCCCCC3(CCCCC2)OCC(CC2CCC(NC)CC2)O3)OCC(CCN/C=C(\N)CNC)O1. The molecule has 5 unspecified atom stereocenters. The van der Waals surface area contributed by atoms with Gasteiger partial charge in [0.2, 0.25) is 0 Å². The first-order chi connectivity index (χ1) is 43.3. The Morgan fingerprint density at radius 2 is 1.02 bits per heavy atom. The molecule has 0 amide bonds. The van der Waals surface area contributed by atoms with Crippen LogP contribution in [0.3, 0.4) is 0 Å². The predicted molar refractivity (Wildman–Crippen MR) is 382 cm³/mol. The molecule has 0 bridgehead atoms. The normalized spacial score (nSPS) is 27.9. The number of likely N-dealkylation sites (N-methyl/N-ethyl adjacent to an activating group) is 1. The van der Waals surface area contributed by atoms with E-state index in [4.69, 9.17) is 24.7 Å². The summed E-state index contributed by atoms with van der Waals surface area (Å²) in [7, 11) is 4.06. The minimum Gasteiger partial charge on any atom is -0.400 e. The monoisotopic (exact) mass is 1230 g/mol. The average Bonchev–Trinajstić information content (AvgIpc) is 3.24. The fourth-order valence-electron chi connectivity index (χ4n) is 14.6. The number of hydrogen-bond acceptors (Lipinski definition) is 8. The van der Waals surface area contributed by atoms with Gasteiger partial charge >= 0.3 is 0 Å². The van der Waals surface area contributed by atoms with Gasteiger partial charge in [0.05, 0.1) is 25.4 Å². The number of hydrogen-bond donors (Lipinski definition) is 4. The van der Waals surface area contributed by atoms with E-state index in [0.29, 0.717) is 24.6 Å². The van der Waals surface area contributed by atoms with Gasteiger partial charge in [0, 0.05) is 56.7 Å². The molecule has 8 heteroatoms. The topological polar surface area (TPSA) is 99.0 Å². The Hall–Kier alpha value is -2.20. The van der Waals surface area contributed by atoms with Gasteiger partial charge in [-0.05, 0) is 186 Å². The van der Waals surface area contributed by atoms with Gasteiger partial charge < -0.3 is 40.6 Å². The Kier molecular flexibility index (Phi) is 47.3. The second-order valence-electron chi connectivity index (χ2n) is 28.8. The van der Waals surface area contributed by atoms with Crippen LogP contribution in [-0.2, 0) is 18.9 Å². The highest BCUT2D eigenvalue weighted by atomic mass is 16.7. The molecular formula is C80H146N4O4. The van der Waals surface area contributed by atoms with Crippen molar-refractivity contribution in [2.24, 2.45) is 17.1 Å². The van der Waals surface area contributed by atoms with Gasteiger partial charge in [0.25, 0.3) is 0 Å². The Morgan fingerprint density at radius 1 is 0.523 bits per heavy atom. The maximum Gasteiger partial charge on any atom is 0.168 e. The maximum atomic E-state index is 7.08. The van der Waals surface area contributed by atoms with Crippen molar-refractivity contribution in [2.75, 3.05) is 40.4 Å². The largest absolute Gasteiger partial charge is 0.400 e. The molecule has 0 aromatic rings. The third-order valence-electron chi connectivity index (χ3n) is 20.4. The molecule has 4 rings (SSSR count). The van der Waals surface area contributed by atoms with Crippen LogP contribution in [0.15, 0.2) is 72.7 Å². The highest BCUT2D eigenvalue weighted by Crippen LogP contribution is 2.41. The van der Waals surface area contributed by atoms with Crippen molar-refractivity contribution in [1.82, 2.24) is 16.0 Å². The molecule has 0 radical (unpaired) electrons. The van der Waals surface area contributed by atoms with E-state index >= 15 is 0 Å². The molecule has 8 nitrogen and oxygen atoms in total. The van der Waals surface area contributed by atoms with Crippen LogP contribution in [0.1, 0.15) is 354 Å². The molecule has 0 aromatic heterocycles. The number of rotatable bonds is 37. The van der Waals surface area contributed by atoms with E-state index < -0.39 is 5.79 Å². The van der Waals surface area contributed by atoms with Crippen LogP contribution in [-0.4, -0.2) is 70.2 Å². The summed E-state index contributed by atoms with van der Waals surface area (Å²) in [5.74, 6) is 0.0417. The summed E-state index contributed by atoms with van der Waals surface area (Å²) in [4.78, 5) is 0. The average molecular weight is 1230 g/mol. The predicted octanol–water partition coefficient (Wildman–Crippen LogP) is 22.5. The van der Waals surface area contributed by atoms with E-state index in [1.54, 1.807) is 0 Å². The van der Waals surface area contributed by atoms with Crippen molar-refractivity contribution in [2.45, 2.75) is 384 Å². The lowest BCUT2D eigenvalue weighted by Crippen LogP contribution is -2.33. The van der Waals surface area contributed by atoms with E-state index in [1.807, 2.05) is 13.2 Å². The third-order valence-corrected chi connectivity index (χ3v) is 20.4. The Balaban J connectivity index is 1.15. The number of allylic oxidation sites excluding steroid dienone is 10. The zero-order valence-electron chi connectivity index (χ0n) is 58.7. The van der Waals surface area contributed by atoms with E-state index in [0.717, 1.165) is 69.7 Å². The zero-order valence-corrected chi connectivity index (χ0v) is 58.7. The molecular weight excluding hydrogens is 1080 g/mol. The molecule has 510 valence electrons. The lowest BCUT2D eigenvalue weighted by molar-refractivity contribution is -0.181. The molecule has 2 saturated heterocycles. The van der Waals surface area contributed by atoms with Crippen LogP contribution in [0.5, 0.6) is 0 Å². The number of unbranched alkanes of at least 4 members (excludes halogenated alkanes) is 17. The zero-order chi connectivity index (χ0) is 62.4. The van der Waals surface area contributed by atoms with Crippen molar-refractivity contribution >= 4 is 0 Å². The van der Waals surface area contributed by atoms with E-state index in [-0.39, 0.29) is 18.0 Å². The van der Waals surface area contributed by atoms with Crippen LogP contribution < -0.4 is 21.7 Å². The Morgan fingerprint density at radius 3 is 1.59 bits per heavy atom. The molecule has 1 spiro atoms. The first-order valence-electron chi connectivity index (χ1n) is 38.7. The van der Waals surface area contributed by atoms with Crippen LogP contribution in [0.2, 0.25) is 0 Å². The van der Waals surface area contributed by atoms with Crippen molar-refractivity contribution in [3.63, 3.8) is 0 Å². The van der Waals surface area contributed by atoms with E-state index in [1.165, 1.54) is 295 Å². The summed E-state index contributed by atoms with van der Waals surface area (Å²) in [6.07, 6.45) is 94.3. The van der Waals surface area contributed by atoms with Gasteiger partial charge in [-0.25, -0.2) is 0 Å². The summed E-state index contributed by atoms with van der Waals surface area (Å²) >= 11 is 0. The third kappa shape index (κ3) is 40.0. The lowest BCUT2D eigenvalue weighted by atomic mass is 9.77. The fraction of sp³-hybridized carbons (Fsp3) is 0.850. The molecule has 5 N–H and O–H groups in total. The highest BCUT2D eigenvalue weighted by Gasteiger charge is 2.42. The van der Waals surface area contributed by atoms with Crippen molar-refractivity contribution in [3.8, 4) is 0 Å². The maximum absolute atomic E-state index is 7.08. The summed E-state index contributed by atoms with van der Waals surface area (Å²) < 4.78 is 27.3. The van der Waals surface area contributed by atoms with Crippen molar-refractivity contribution in [3.05, 3.63) is 72.7 Å². The quantitative estimate of drug-likeness (QED) is 0.0361. The number of nitrogens with one attached hydrogen (secondary N) is 3. The Labute approximate surface area is 546 Å². The molecule has 1 saturated carbocycles. The summed E-state index contributed by atoms with van der Waals surface area (Å²) in [5.41, 5.74) is 7.31. The standard InChI is InChI=1S/C80H146N4O4/c1-5-6-7-8-9-10-11-12-13-21-24-29-34-39-44-51-63-79(85-71-76(87-79)59-67-84-70-74(81)69-82-3)64-52-45-40-36-31-26-28-33-38-43-49-61-78(2)60-48-42-37-32-27-23-20-18-16-14-15-17-19-22-25-30-35-41-46-53-65-80(66-54-47-50-62-78)86-72-77(88-80)68-73-55-57-75(83-4)58-56-73/h9-10,12-14,16-17,19,43,49,70,73,75-77,82-84H,5-8,11,15,18,20-42,44-48,50-69,71-72,81H2,1-4H3/b10-9-,13-12-,16-14-,19-17-,49-43?,74-70-. The van der Waals surface area contributed by atoms with Crippen LogP contribution >= 0.6 is 0 Å². The van der Waals surface area contributed by atoms with Gasteiger partial charge in [0.1, 0.15) is 0 Å². The Bertz CT molecular complexity index is 1790. The summed E-state index contributed by atoms with van der Waals surface area (Å²) in [5, 5.41) is 10.0. The molecule has 2 aliphatic carbocycles. The second kappa shape index (κ2) is 53.2. The molecule has 88 heavy (non-hydrogen) atoms. The molecule has 5 atom stereocenters. The minimum atomic E-state index is -0.400. The van der Waals surface area contributed by atoms with Crippen LogP contribution in [0.4, 0.5) is 0 Å². The highest BCUT2D eigenvalue weighted by molar-refractivity contribution is 4.97. The van der Waals surface area contributed by atoms with Gasteiger partial charge in [-0.15, -0.1) is 0 Å². The van der Waals surface area contributed by atoms with Crippen LogP contribution in [0, 0.1) is 11.3 Å². The molecule has 2 heterocycles. The summed E-state index contributed by atoms with van der Waals surface area (Å²) in [6, 6.07) is 0.705. The molecule has 4 aliphatic rings. The fourth-order valence-corrected chi connectivity index (χ4v) is 14.6. The molecule has 0 aromatic carbocycles. The van der Waals surface area contributed by atoms with E-state index in [2.05, 4.69) is 97.6 Å². The smallest absolute Gasteiger partial charge is 0.168 e. The van der Waals surface area contributed by atoms with Crippen molar-refractivity contribution < 1.29 is 18.9 Å². The number of ether oxygens (including phenoxy) is 4. The van der Waals surface area contributed by atoms with Gasteiger partial charge in [-0.2, -0.15) is 0 Å². The van der Waals surface area contributed by atoms with Gasteiger partial charge in [-0.3, -0.25) is 0 Å². The van der Waals surface area contributed by atoms with Gasteiger partial charge in [-0.1, -0.05) is 229 Å². The van der Waals surface area contributed by atoms with Gasteiger partial charge in [0.15, 0.2) is 11.6 Å². The lowest BCUT2D eigenvalue weighted by Gasteiger charge is -2.31. The summed E-state index contributed by atoms with van der Waals surface area (Å²) in [6.45, 7) is 7.96. The number of nitrogens with two attached hydrogens (primary N) is 1. The van der Waals surface area contributed by atoms with Crippen LogP contribution in [0.25, 0.3) is 0 Å². The minimum absolute atomic E-state index is 0.149. The first kappa shape index (κ1) is 78.2. The molecule has 2 aliphatic heterocycles. The first-order valence-corrected chi connectivity index (χ1v) is 38.7. The van der Waals surface area contributed by atoms with Crippen molar-refractivity contribution in [1.29, 1.82) is 0 Å². The second-order valence-corrected chi connectivity index (χ2v) is 28.8. The van der Waals surface area contributed by atoms with E-state index in [9.17, 15) is 0 Å². The molecule has 3 fully saturated rings.